The Balaban J connectivity index is 1.76. The van der Waals surface area contributed by atoms with Crippen LogP contribution in [-0.2, 0) is 4.79 Å². The maximum atomic E-state index is 11.4. The third-order valence-electron chi connectivity index (χ3n) is 2.92. The fraction of sp³-hybridized carbons (Fsp3) is 0.900. The minimum absolute atomic E-state index is 0.291. The Morgan fingerprint density at radius 2 is 2.15 bits per heavy atom. The number of amides is 1. The van der Waals surface area contributed by atoms with Crippen molar-refractivity contribution in [3.8, 4) is 0 Å². The van der Waals surface area contributed by atoms with Crippen molar-refractivity contribution in [2.24, 2.45) is 5.92 Å². The van der Waals surface area contributed by atoms with E-state index in [1.54, 1.807) is 0 Å². The van der Waals surface area contributed by atoms with Crippen LogP contribution in [-0.4, -0.2) is 24.5 Å². The van der Waals surface area contributed by atoms with Crippen LogP contribution in [0.1, 0.15) is 32.6 Å². The molecule has 2 atom stereocenters. The maximum absolute atomic E-state index is 11.4. The van der Waals surface area contributed by atoms with E-state index in [-0.39, 0.29) is 0 Å². The van der Waals surface area contributed by atoms with Crippen LogP contribution in [0, 0.1) is 5.92 Å². The second-order valence-electron chi connectivity index (χ2n) is 4.36. The van der Waals surface area contributed by atoms with Crippen molar-refractivity contribution >= 4 is 5.91 Å². The first-order valence-electron chi connectivity index (χ1n) is 5.29. The molecule has 3 heteroatoms. The summed E-state index contributed by atoms with van der Waals surface area (Å²) < 4.78 is 0. The third kappa shape index (κ3) is 2.44. The molecular weight excluding hydrogens is 164 g/mol. The normalized spacial score (nSPS) is 34.2. The molecule has 1 saturated carbocycles. The number of hydrogen-bond acceptors (Lipinski definition) is 2. The zero-order valence-electron chi connectivity index (χ0n) is 8.18. The topological polar surface area (TPSA) is 41.1 Å². The van der Waals surface area contributed by atoms with Crippen LogP contribution in [0.15, 0.2) is 0 Å². The molecule has 74 valence electrons. The standard InChI is InChI=1S/C10H18N2O/c1-7-6-9(4-5-11-7)12-10(13)8-2-3-8/h7-9,11H,2-6H2,1H3,(H,12,13)/t7-,9-/m1/s1. The van der Waals surface area contributed by atoms with Crippen LogP contribution < -0.4 is 10.6 Å². The molecule has 2 fully saturated rings. The minimum atomic E-state index is 0.291. The maximum Gasteiger partial charge on any atom is 0.223 e. The van der Waals surface area contributed by atoms with Crippen molar-refractivity contribution in [2.75, 3.05) is 6.54 Å². The molecular formula is C10H18N2O. The van der Waals surface area contributed by atoms with Gasteiger partial charge in [-0.1, -0.05) is 0 Å². The molecule has 1 aliphatic carbocycles. The van der Waals surface area contributed by atoms with Crippen LogP contribution in [0.25, 0.3) is 0 Å². The van der Waals surface area contributed by atoms with Gasteiger partial charge in [-0.2, -0.15) is 0 Å². The summed E-state index contributed by atoms with van der Waals surface area (Å²) in [6.07, 6.45) is 4.37. The van der Waals surface area contributed by atoms with Gasteiger partial charge < -0.3 is 10.6 Å². The van der Waals surface area contributed by atoms with Crippen molar-refractivity contribution in [1.82, 2.24) is 10.6 Å². The van der Waals surface area contributed by atoms with Crippen LogP contribution in [0.5, 0.6) is 0 Å². The van der Waals surface area contributed by atoms with E-state index in [1.165, 1.54) is 0 Å². The molecule has 1 amide bonds. The quantitative estimate of drug-likeness (QED) is 0.658. The number of hydrogen-bond donors (Lipinski definition) is 2. The van der Waals surface area contributed by atoms with Gasteiger partial charge in [-0.3, -0.25) is 4.79 Å². The number of carbonyl (C=O) groups is 1. The summed E-state index contributed by atoms with van der Waals surface area (Å²) >= 11 is 0. The highest BCUT2D eigenvalue weighted by atomic mass is 16.2. The average molecular weight is 182 g/mol. The Morgan fingerprint density at radius 1 is 1.38 bits per heavy atom. The lowest BCUT2D eigenvalue weighted by Crippen LogP contribution is -2.46. The zero-order valence-corrected chi connectivity index (χ0v) is 8.18. The average Bonchev–Trinajstić information content (AvgIpc) is 2.85. The summed E-state index contributed by atoms with van der Waals surface area (Å²) in [6.45, 7) is 3.21. The Morgan fingerprint density at radius 3 is 2.77 bits per heavy atom. The predicted octanol–water partition coefficient (Wildman–Crippen LogP) is 0.653. The second-order valence-corrected chi connectivity index (χ2v) is 4.36. The molecule has 2 rings (SSSR count). The third-order valence-corrected chi connectivity index (χ3v) is 2.92. The first-order valence-corrected chi connectivity index (χ1v) is 5.29. The molecule has 3 nitrogen and oxygen atoms in total. The molecule has 0 aromatic heterocycles. The summed E-state index contributed by atoms with van der Waals surface area (Å²) in [5.74, 6) is 0.643. The van der Waals surface area contributed by atoms with E-state index in [2.05, 4.69) is 17.6 Å². The zero-order chi connectivity index (χ0) is 9.26. The summed E-state index contributed by atoms with van der Waals surface area (Å²) in [6, 6.07) is 0.975. The van der Waals surface area contributed by atoms with E-state index >= 15 is 0 Å². The summed E-state index contributed by atoms with van der Waals surface area (Å²) in [5, 5.41) is 6.51. The van der Waals surface area contributed by atoms with Crippen LogP contribution in [0.2, 0.25) is 0 Å². The van der Waals surface area contributed by atoms with E-state index in [9.17, 15) is 4.79 Å². The highest BCUT2D eigenvalue weighted by Crippen LogP contribution is 2.29. The van der Waals surface area contributed by atoms with E-state index in [1.807, 2.05) is 0 Å². The number of nitrogens with one attached hydrogen (secondary N) is 2. The molecule has 0 spiro atoms. The first kappa shape index (κ1) is 9.00. The van der Waals surface area contributed by atoms with E-state index in [0.717, 1.165) is 32.2 Å². The van der Waals surface area contributed by atoms with Gasteiger partial charge in [-0.05, 0) is 39.2 Å². The van der Waals surface area contributed by atoms with Crippen LogP contribution >= 0.6 is 0 Å². The van der Waals surface area contributed by atoms with E-state index in [4.69, 9.17) is 0 Å². The number of rotatable bonds is 2. The van der Waals surface area contributed by atoms with Gasteiger partial charge in [-0.25, -0.2) is 0 Å². The highest BCUT2D eigenvalue weighted by Gasteiger charge is 2.31. The Hall–Kier alpha value is -0.570. The number of carbonyl (C=O) groups excluding carboxylic acids is 1. The van der Waals surface area contributed by atoms with Gasteiger partial charge >= 0.3 is 0 Å². The molecule has 0 radical (unpaired) electrons. The van der Waals surface area contributed by atoms with Gasteiger partial charge in [0.2, 0.25) is 5.91 Å². The van der Waals surface area contributed by atoms with Gasteiger partial charge in [0, 0.05) is 18.0 Å². The van der Waals surface area contributed by atoms with Crippen molar-refractivity contribution in [3.63, 3.8) is 0 Å². The monoisotopic (exact) mass is 182 g/mol. The molecule has 0 aromatic rings. The van der Waals surface area contributed by atoms with Gasteiger partial charge in [0.25, 0.3) is 0 Å². The highest BCUT2D eigenvalue weighted by molar-refractivity contribution is 5.81. The summed E-state index contributed by atoms with van der Waals surface area (Å²) in [5.41, 5.74) is 0. The van der Waals surface area contributed by atoms with Crippen molar-refractivity contribution in [3.05, 3.63) is 0 Å². The molecule has 2 aliphatic rings. The van der Waals surface area contributed by atoms with Gasteiger partial charge in [0.05, 0.1) is 0 Å². The Kier molecular flexibility index (Phi) is 2.54. The Labute approximate surface area is 79.3 Å². The van der Waals surface area contributed by atoms with E-state index < -0.39 is 0 Å². The molecule has 2 N–H and O–H groups in total. The van der Waals surface area contributed by atoms with Crippen molar-refractivity contribution < 1.29 is 4.79 Å². The van der Waals surface area contributed by atoms with Gasteiger partial charge in [-0.15, -0.1) is 0 Å². The molecule has 0 bridgehead atoms. The number of piperidine rings is 1. The minimum Gasteiger partial charge on any atom is -0.353 e. The lowest BCUT2D eigenvalue weighted by molar-refractivity contribution is -0.123. The molecule has 1 saturated heterocycles. The molecule has 1 heterocycles. The fourth-order valence-electron chi connectivity index (χ4n) is 1.93. The van der Waals surface area contributed by atoms with Crippen LogP contribution in [0.3, 0.4) is 0 Å². The fourth-order valence-corrected chi connectivity index (χ4v) is 1.93. The van der Waals surface area contributed by atoms with Crippen LogP contribution in [0.4, 0.5) is 0 Å². The summed E-state index contributed by atoms with van der Waals surface area (Å²) in [7, 11) is 0. The Bertz CT molecular complexity index is 201. The lowest BCUT2D eigenvalue weighted by Gasteiger charge is -2.28. The molecule has 13 heavy (non-hydrogen) atoms. The molecule has 0 aromatic carbocycles. The largest absolute Gasteiger partial charge is 0.353 e. The predicted molar refractivity (Wildman–Crippen MR) is 51.4 cm³/mol. The molecule has 1 aliphatic heterocycles. The first-order chi connectivity index (χ1) is 6.25. The second kappa shape index (κ2) is 3.66. The van der Waals surface area contributed by atoms with Crippen molar-refractivity contribution in [2.45, 2.75) is 44.7 Å². The smallest absolute Gasteiger partial charge is 0.223 e. The van der Waals surface area contributed by atoms with Gasteiger partial charge in [0.1, 0.15) is 0 Å². The lowest BCUT2D eigenvalue weighted by atomic mass is 10.0. The van der Waals surface area contributed by atoms with E-state index in [0.29, 0.717) is 23.9 Å². The van der Waals surface area contributed by atoms with Gasteiger partial charge in [0.15, 0.2) is 0 Å². The SMILES string of the molecule is C[C@@H]1C[C@H](NC(=O)C2CC2)CCN1. The van der Waals surface area contributed by atoms with Crippen molar-refractivity contribution in [1.29, 1.82) is 0 Å². The molecule has 0 unspecified atom stereocenters. The summed E-state index contributed by atoms with van der Waals surface area (Å²) in [4.78, 5) is 11.4.